The van der Waals surface area contributed by atoms with Gasteiger partial charge in [0.25, 0.3) is 0 Å². The minimum atomic E-state index is 0.107. The van der Waals surface area contributed by atoms with Crippen molar-refractivity contribution in [1.29, 1.82) is 0 Å². The van der Waals surface area contributed by atoms with E-state index in [0.717, 1.165) is 22.5 Å². The Labute approximate surface area is 163 Å². The molecule has 0 aliphatic rings. The Morgan fingerprint density at radius 3 is 1.57 bits per heavy atom. The molecule has 0 saturated carbocycles. The summed E-state index contributed by atoms with van der Waals surface area (Å²) in [5.41, 5.74) is 3.40. The number of phenolic OH excluding ortho intramolecular Hbond substituents is 2. The Balaban J connectivity index is 1.77. The third kappa shape index (κ3) is 4.71. The summed E-state index contributed by atoms with van der Waals surface area (Å²) in [7, 11) is 3.03. The van der Waals surface area contributed by atoms with E-state index in [1.54, 1.807) is 36.4 Å². The van der Waals surface area contributed by atoms with E-state index in [1.165, 1.54) is 14.2 Å². The molecular formula is C23H21NO4. The van der Waals surface area contributed by atoms with Crippen molar-refractivity contribution in [3.05, 3.63) is 77.1 Å². The zero-order chi connectivity index (χ0) is 19.9. The van der Waals surface area contributed by atoms with Crippen LogP contribution < -0.4 is 9.47 Å². The van der Waals surface area contributed by atoms with Gasteiger partial charge >= 0.3 is 0 Å². The van der Waals surface area contributed by atoms with E-state index in [-0.39, 0.29) is 11.5 Å². The second kappa shape index (κ2) is 8.77. The second-order valence-corrected chi connectivity index (χ2v) is 6.02. The fourth-order valence-corrected chi connectivity index (χ4v) is 2.61. The first-order valence-electron chi connectivity index (χ1n) is 8.66. The van der Waals surface area contributed by atoms with E-state index in [2.05, 4.69) is 4.98 Å². The molecule has 0 spiro atoms. The Morgan fingerprint density at radius 1 is 0.679 bits per heavy atom. The molecule has 1 aromatic heterocycles. The number of aromatic hydroxyl groups is 2. The van der Waals surface area contributed by atoms with Gasteiger partial charge in [0.1, 0.15) is 0 Å². The van der Waals surface area contributed by atoms with Crippen molar-refractivity contribution in [1.82, 2.24) is 4.98 Å². The first-order valence-corrected chi connectivity index (χ1v) is 8.66. The molecule has 2 aromatic carbocycles. The Bertz CT molecular complexity index is 946. The number of rotatable bonds is 6. The molecule has 0 bridgehead atoms. The Kier molecular flexibility index (Phi) is 5.97. The summed E-state index contributed by atoms with van der Waals surface area (Å²) in [5, 5.41) is 19.3. The van der Waals surface area contributed by atoms with Crippen molar-refractivity contribution in [2.75, 3.05) is 14.2 Å². The van der Waals surface area contributed by atoms with E-state index >= 15 is 0 Å². The molecule has 5 heteroatoms. The van der Waals surface area contributed by atoms with Crippen molar-refractivity contribution in [3.8, 4) is 23.0 Å². The van der Waals surface area contributed by atoms with Crippen molar-refractivity contribution in [3.63, 3.8) is 0 Å². The van der Waals surface area contributed by atoms with Crippen molar-refractivity contribution >= 4 is 24.3 Å². The molecule has 0 fully saturated rings. The first kappa shape index (κ1) is 19.0. The quantitative estimate of drug-likeness (QED) is 0.644. The van der Waals surface area contributed by atoms with Gasteiger partial charge in [-0.3, -0.25) is 0 Å². The molecule has 0 amide bonds. The van der Waals surface area contributed by atoms with Crippen LogP contribution in [0.1, 0.15) is 22.5 Å². The van der Waals surface area contributed by atoms with Crippen LogP contribution in [0.25, 0.3) is 24.3 Å². The van der Waals surface area contributed by atoms with Gasteiger partial charge in [-0.25, -0.2) is 4.98 Å². The number of pyridine rings is 1. The molecule has 28 heavy (non-hydrogen) atoms. The summed E-state index contributed by atoms with van der Waals surface area (Å²) in [5.74, 6) is 1.07. The maximum atomic E-state index is 9.67. The van der Waals surface area contributed by atoms with Crippen LogP contribution in [-0.4, -0.2) is 29.4 Å². The first-order chi connectivity index (χ1) is 13.6. The average Bonchev–Trinajstić information content (AvgIpc) is 2.73. The van der Waals surface area contributed by atoms with Gasteiger partial charge in [-0.2, -0.15) is 0 Å². The minimum absolute atomic E-state index is 0.107. The number of phenols is 2. The molecule has 0 radical (unpaired) electrons. The van der Waals surface area contributed by atoms with Gasteiger partial charge in [0.2, 0.25) is 0 Å². The van der Waals surface area contributed by atoms with E-state index in [4.69, 9.17) is 9.47 Å². The molecule has 1 heterocycles. The van der Waals surface area contributed by atoms with Crippen LogP contribution >= 0.6 is 0 Å². The smallest absolute Gasteiger partial charge is 0.161 e. The van der Waals surface area contributed by atoms with E-state index in [1.807, 2.05) is 42.5 Å². The highest BCUT2D eigenvalue weighted by molar-refractivity contribution is 5.72. The predicted octanol–water partition coefficient (Wildman–Crippen LogP) is 4.85. The molecule has 2 N–H and O–H groups in total. The second-order valence-electron chi connectivity index (χ2n) is 6.02. The highest BCUT2D eigenvalue weighted by atomic mass is 16.5. The van der Waals surface area contributed by atoms with Crippen molar-refractivity contribution in [2.24, 2.45) is 0 Å². The number of aromatic nitrogens is 1. The van der Waals surface area contributed by atoms with Gasteiger partial charge in [0, 0.05) is 0 Å². The minimum Gasteiger partial charge on any atom is -0.504 e. The Morgan fingerprint density at radius 2 is 1.14 bits per heavy atom. The number of nitrogens with zero attached hydrogens (tertiary/aromatic N) is 1. The van der Waals surface area contributed by atoms with Gasteiger partial charge in [0.15, 0.2) is 23.0 Å². The van der Waals surface area contributed by atoms with E-state index in [0.29, 0.717) is 11.5 Å². The molecule has 3 rings (SSSR count). The molecular weight excluding hydrogens is 354 g/mol. The van der Waals surface area contributed by atoms with Crippen LogP contribution in [0.5, 0.6) is 23.0 Å². The normalized spacial score (nSPS) is 11.2. The molecule has 0 saturated heterocycles. The third-order valence-electron chi connectivity index (χ3n) is 4.09. The van der Waals surface area contributed by atoms with Crippen LogP contribution in [0.4, 0.5) is 0 Å². The zero-order valence-electron chi connectivity index (χ0n) is 15.7. The molecule has 0 aliphatic carbocycles. The monoisotopic (exact) mass is 375 g/mol. The lowest BCUT2D eigenvalue weighted by Gasteiger charge is -2.04. The molecule has 3 aromatic rings. The van der Waals surface area contributed by atoms with Gasteiger partial charge in [0.05, 0.1) is 25.6 Å². The van der Waals surface area contributed by atoms with Crippen LogP contribution in [0, 0.1) is 0 Å². The fourth-order valence-electron chi connectivity index (χ4n) is 2.61. The number of ether oxygens (including phenoxy) is 2. The zero-order valence-corrected chi connectivity index (χ0v) is 15.7. The topological polar surface area (TPSA) is 71.8 Å². The summed E-state index contributed by atoms with van der Waals surface area (Å²) in [6.45, 7) is 0. The lowest BCUT2D eigenvalue weighted by Crippen LogP contribution is -1.86. The summed E-state index contributed by atoms with van der Waals surface area (Å²) in [4.78, 5) is 4.59. The summed E-state index contributed by atoms with van der Waals surface area (Å²) < 4.78 is 10.2. The summed E-state index contributed by atoms with van der Waals surface area (Å²) in [6, 6.07) is 16.1. The van der Waals surface area contributed by atoms with Gasteiger partial charge < -0.3 is 19.7 Å². The highest BCUT2D eigenvalue weighted by Gasteiger charge is 2.02. The van der Waals surface area contributed by atoms with Crippen molar-refractivity contribution in [2.45, 2.75) is 0 Å². The van der Waals surface area contributed by atoms with Crippen molar-refractivity contribution < 1.29 is 19.7 Å². The van der Waals surface area contributed by atoms with Gasteiger partial charge in [-0.05, 0) is 59.7 Å². The SMILES string of the molecule is COc1cc(/C=C/c2cccc(/C=C/c3ccc(O)c(OC)c3)n2)ccc1O. The molecule has 5 nitrogen and oxygen atoms in total. The maximum Gasteiger partial charge on any atom is 0.161 e. The largest absolute Gasteiger partial charge is 0.504 e. The number of hydrogen-bond acceptors (Lipinski definition) is 5. The van der Waals surface area contributed by atoms with Gasteiger partial charge in [-0.1, -0.05) is 30.4 Å². The highest BCUT2D eigenvalue weighted by Crippen LogP contribution is 2.28. The van der Waals surface area contributed by atoms with E-state index in [9.17, 15) is 10.2 Å². The van der Waals surface area contributed by atoms with Gasteiger partial charge in [-0.15, -0.1) is 0 Å². The maximum absolute atomic E-state index is 9.67. The van der Waals surface area contributed by atoms with E-state index < -0.39 is 0 Å². The lowest BCUT2D eigenvalue weighted by molar-refractivity contribution is 0.373. The Hall–Kier alpha value is -3.73. The summed E-state index contributed by atoms with van der Waals surface area (Å²) in [6.07, 6.45) is 7.60. The third-order valence-corrected chi connectivity index (χ3v) is 4.09. The van der Waals surface area contributed by atoms with Crippen LogP contribution in [0.15, 0.2) is 54.6 Å². The van der Waals surface area contributed by atoms with Crippen LogP contribution in [0.2, 0.25) is 0 Å². The van der Waals surface area contributed by atoms with Crippen LogP contribution in [-0.2, 0) is 0 Å². The molecule has 0 unspecified atom stereocenters. The number of hydrogen-bond donors (Lipinski definition) is 2. The number of methoxy groups -OCH3 is 2. The van der Waals surface area contributed by atoms with Crippen LogP contribution in [0.3, 0.4) is 0 Å². The summed E-state index contributed by atoms with van der Waals surface area (Å²) >= 11 is 0. The standard InChI is InChI=1S/C23H21NO4/c1-27-22-14-16(8-12-20(22)25)6-10-18-4-3-5-19(24-18)11-7-17-9-13-21(26)23(15-17)28-2/h3-15,25-26H,1-2H3/b10-6+,11-7+. The predicted molar refractivity (Wildman–Crippen MR) is 111 cm³/mol. The lowest BCUT2D eigenvalue weighted by atomic mass is 10.1. The molecule has 0 aliphatic heterocycles. The molecule has 142 valence electrons. The average molecular weight is 375 g/mol. The molecule has 0 atom stereocenters. The number of benzene rings is 2. The fraction of sp³-hybridized carbons (Fsp3) is 0.0870.